The lowest BCUT2D eigenvalue weighted by Gasteiger charge is -2.35. The van der Waals surface area contributed by atoms with Gasteiger partial charge in [-0.25, -0.2) is 4.79 Å². The molecule has 2 heterocycles. The topological polar surface area (TPSA) is 71.1 Å². The van der Waals surface area contributed by atoms with Crippen molar-refractivity contribution in [1.82, 2.24) is 15.1 Å². The van der Waals surface area contributed by atoms with Crippen molar-refractivity contribution in [1.29, 1.82) is 0 Å². The van der Waals surface area contributed by atoms with E-state index < -0.39 is 5.60 Å². The Morgan fingerprint density at radius 2 is 1.70 bits per heavy atom. The Labute approximate surface area is 163 Å². The molecule has 156 valence electrons. The summed E-state index contributed by atoms with van der Waals surface area (Å²) in [6.07, 6.45) is 2.49. The standard InChI is InChI=1S/C20H37N3O4/c1-15-13-22(14-16(2)26-15)11-8-21-18(24)12-17-6-9-23(10-7-17)19(25)27-20(3,4)5/h15-17H,6-14H2,1-5H3,(H,21,24). The second-order valence-corrected chi connectivity index (χ2v) is 8.98. The van der Waals surface area contributed by atoms with Gasteiger partial charge >= 0.3 is 6.09 Å². The first-order chi connectivity index (χ1) is 12.6. The van der Waals surface area contributed by atoms with Gasteiger partial charge in [-0.05, 0) is 53.4 Å². The maximum Gasteiger partial charge on any atom is 0.410 e. The van der Waals surface area contributed by atoms with Crippen LogP contribution >= 0.6 is 0 Å². The largest absolute Gasteiger partial charge is 0.444 e. The van der Waals surface area contributed by atoms with E-state index in [1.165, 1.54) is 0 Å². The van der Waals surface area contributed by atoms with Gasteiger partial charge in [-0.15, -0.1) is 0 Å². The number of likely N-dealkylation sites (tertiary alicyclic amines) is 1. The zero-order valence-corrected chi connectivity index (χ0v) is 17.6. The van der Waals surface area contributed by atoms with Crippen LogP contribution in [0, 0.1) is 5.92 Å². The number of carbonyl (C=O) groups excluding carboxylic acids is 2. The van der Waals surface area contributed by atoms with Gasteiger partial charge in [-0.2, -0.15) is 0 Å². The summed E-state index contributed by atoms with van der Waals surface area (Å²) in [4.78, 5) is 28.4. The molecule has 2 fully saturated rings. The molecular formula is C20H37N3O4. The van der Waals surface area contributed by atoms with Gasteiger partial charge in [0, 0.05) is 45.7 Å². The van der Waals surface area contributed by atoms with Crippen LogP contribution < -0.4 is 5.32 Å². The molecule has 27 heavy (non-hydrogen) atoms. The highest BCUT2D eigenvalue weighted by Crippen LogP contribution is 2.22. The monoisotopic (exact) mass is 383 g/mol. The van der Waals surface area contributed by atoms with Crippen molar-refractivity contribution in [2.45, 2.75) is 71.7 Å². The molecule has 2 saturated heterocycles. The second-order valence-electron chi connectivity index (χ2n) is 8.98. The van der Waals surface area contributed by atoms with E-state index in [4.69, 9.17) is 9.47 Å². The maximum atomic E-state index is 12.2. The lowest BCUT2D eigenvalue weighted by Crippen LogP contribution is -2.48. The Kier molecular flexibility index (Phi) is 7.91. The van der Waals surface area contributed by atoms with Crippen LogP contribution in [0.15, 0.2) is 0 Å². The number of carbonyl (C=O) groups is 2. The fraction of sp³-hybridized carbons (Fsp3) is 0.900. The van der Waals surface area contributed by atoms with Crippen molar-refractivity contribution in [3.8, 4) is 0 Å². The van der Waals surface area contributed by atoms with Crippen molar-refractivity contribution in [2.75, 3.05) is 39.3 Å². The number of rotatable bonds is 5. The fourth-order valence-electron chi connectivity index (χ4n) is 3.80. The highest BCUT2D eigenvalue weighted by atomic mass is 16.6. The number of nitrogens with one attached hydrogen (secondary N) is 1. The van der Waals surface area contributed by atoms with Crippen molar-refractivity contribution < 1.29 is 19.1 Å². The molecule has 2 aliphatic heterocycles. The molecule has 1 N–H and O–H groups in total. The van der Waals surface area contributed by atoms with E-state index in [1.807, 2.05) is 20.8 Å². The highest BCUT2D eigenvalue weighted by Gasteiger charge is 2.28. The van der Waals surface area contributed by atoms with Crippen LogP contribution in [-0.2, 0) is 14.3 Å². The molecule has 0 bridgehead atoms. The summed E-state index contributed by atoms with van der Waals surface area (Å²) in [5.41, 5.74) is -0.468. The molecule has 2 aliphatic rings. The summed E-state index contributed by atoms with van der Waals surface area (Å²) in [6.45, 7) is 14.5. The van der Waals surface area contributed by atoms with E-state index in [0.717, 1.165) is 32.5 Å². The predicted octanol–water partition coefficient (Wildman–Crippen LogP) is 2.25. The second kappa shape index (κ2) is 9.73. The van der Waals surface area contributed by atoms with E-state index >= 15 is 0 Å². The normalized spacial score (nSPS) is 25.3. The summed E-state index contributed by atoms with van der Waals surface area (Å²) in [6, 6.07) is 0. The Hall–Kier alpha value is -1.34. The summed E-state index contributed by atoms with van der Waals surface area (Å²) < 4.78 is 11.1. The molecule has 7 heteroatoms. The van der Waals surface area contributed by atoms with Crippen LogP contribution in [0.1, 0.15) is 53.9 Å². The number of morpholine rings is 1. The molecule has 0 aromatic carbocycles. The third-order valence-electron chi connectivity index (χ3n) is 4.99. The number of nitrogens with zero attached hydrogens (tertiary/aromatic N) is 2. The molecule has 7 nitrogen and oxygen atoms in total. The molecule has 0 aromatic heterocycles. The molecule has 0 aromatic rings. The van der Waals surface area contributed by atoms with Gasteiger partial charge in [-0.3, -0.25) is 9.69 Å². The van der Waals surface area contributed by atoms with Crippen molar-refractivity contribution in [3.05, 3.63) is 0 Å². The van der Waals surface area contributed by atoms with Crippen LogP contribution in [0.25, 0.3) is 0 Å². The molecule has 2 amide bonds. The molecular weight excluding hydrogens is 346 g/mol. The van der Waals surface area contributed by atoms with Crippen molar-refractivity contribution in [2.24, 2.45) is 5.92 Å². The van der Waals surface area contributed by atoms with Gasteiger partial charge < -0.3 is 19.7 Å². The van der Waals surface area contributed by atoms with Crippen molar-refractivity contribution in [3.63, 3.8) is 0 Å². The predicted molar refractivity (Wildman–Crippen MR) is 105 cm³/mol. The fourth-order valence-corrected chi connectivity index (χ4v) is 3.80. The van der Waals surface area contributed by atoms with Crippen LogP contribution in [0.3, 0.4) is 0 Å². The van der Waals surface area contributed by atoms with Gasteiger partial charge in [0.05, 0.1) is 12.2 Å². The first kappa shape index (κ1) is 22.0. The maximum absolute atomic E-state index is 12.2. The first-order valence-electron chi connectivity index (χ1n) is 10.2. The zero-order chi connectivity index (χ0) is 20.0. The van der Waals surface area contributed by atoms with Gasteiger partial charge in [0.1, 0.15) is 5.60 Å². The van der Waals surface area contributed by atoms with E-state index in [-0.39, 0.29) is 24.2 Å². The first-order valence-corrected chi connectivity index (χ1v) is 10.2. The lowest BCUT2D eigenvalue weighted by molar-refractivity contribution is -0.122. The molecule has 0 saturated carbocycles. The smallest absolute Gasteiger partial charge is 0.410 e. The molecule has 0 spiro atoms. The Bertz CT molecular complexity index is 488. The minimum Gasteiger partial charge on any atom is -0.444 e. The number of ether oxygens (including phenoxy) is 2. The van der Waals surface area contributed by atoms with Gasteiger partial charge in [-0.1, -0.05) is 0 Å². The van der Waals surface area contributed by atoms with E-state index in [9.17, 15) is 9.59 Å². The Balaban J connectivity index is 1.61. The average Bonchev–Trinajstić information content (AvgIpc) is 2.53. The highest BCUT2D eigenvalue weighted by molar-refractivity contribution is 5.76. The number of piperidine rings is 1. The van der Waals surface area contributed by atoms with Crippen LogP contribution in [0.2, 0.25) is 0 Å². The summed E-state index contributed by atoms with van der Waals surface area (Å²) in [5.74, 6) is 0.451. The SMILES string of the molecule is CC1CN(CCNC(=O)CC2CCN(C(=O)OC(C)(C)C)CC2)CC(C)O1. The van der Waals surface area contributed by atoms with E-state index in [2.05, 4.69) is 24.1 Å². The molecule has 0 radical (unpaired) electrons. The quantitative estimate of drug-likeness (QED) is 0.788. The third-order valence-corrected chi connectivity index (χ3v) is 4.99. The van der Waals surface area contributed by atoms with Gasteiger partial charge in [0.2, 0.25) is 5.91 Å². The molecule has 0 aliphatic carbocycles. The van der Waals surface area contributed by atoms with E-state index in [1.54, 1.807) is 4.90 Å². The van der Waals surface area contributed by atoms with Crippen LogP contribution in [0.5, 0.6) is 0 Å². The Morgan fingerprint density at radius 1 is 1.11 bits per heavy atom. The van der Waals surface area contributed by atoms with E-state index in [0.29, 0.717) is 32.0 Å². The number of amides is 2. The summed E-state index contributed by atoms with van der Waals surface area (Å²) >= 11 is 0. The average molecular weight is 384 g/mol. The zero-order valence-electron chi connectivity index (χ0n) is 17.6. The minimum absolute atomic E-state index is 0.111. The third kappa shape index (κ3) is 8.05. The van der Waals surface area contributed by atoms with Crippen LogP contribution in [-0.4, -0.2) is 78.9 Å². The van der Waals surface area contributed by atoms with Crippen molar-refractivity contribution >= 4 is 12.0 Å². The lowest BCUT2D eigenvalue weighted by atomic mass is 9.93. The Morgan fingerprint density at radius 3 is 2.26 bits per heavy atom. The summed E-state index contributed by atoms with van der Waals surface area (Å²) in [7, 11) is 0. The molecule has 2 atom stereocenters. The van der Waals surface area contributed by atoms with Gasteiger partial charge in [0.25, 0.3) is 0 Å². The molecule has 2 rings (SSSR count). The minimum atomic E-state index is -0.468. The van der Waals surface area contributed by atoms with Gasteiger partial charge in [0.15, 0.2) is 0 Å². The summed E-state index contributed by atoms with van der Waals surface area (Å²) in [5, 5.41) is 3.05. The van der Waals surface area contributed by atoms with Crippen LogP contribution in [0.4, 0.5) is 4.79 Å². The molecule has 2 unspecified atom stereocenters. The number of hydrogen-bond donors (Lipinski definition) is 1. The number of hydrogen-bond acceptors (Lipinski definition) is 5.